The van der Waals surface area contributed by atoms with Crippen molar-refractivity contribution in [2.24, 2.45) is 11.8 Å². The molecule has 0 heteroatoms. The Morgan fingerprint density at radius 2 is 0.944 bits per heavy atom. The molecule has 0 aromatic heterocycles. The molecular weight excluding hydrogens is 216 g/mol. The van der Waals surface area contributed by atoms with E-state index in [1.165, 1.54) is 77.0 Å². The van der Waals surface area contributed by atoms with Gasteiger partial charge in [-0.1, -0.05) is 62.8 Å². The molecule has 0 radical (unpaired) electrons. The Kier molecular flexibility index (Phi) is 6.61. The molecule has 0 N–H and O–H groups in total. The second kappa shape index (κ2) is 8.56. The van der Waals surface area contributed by atoms with Gasteiger partial charge < -0.3 is 0 Å². The van der Waals surface area contributed by atoms with E-state index in [4.69, 9.17) is 0 Å². The predicted octanol–water partition coefficient (Wildman–Crippen LogP) is 6.04. The summed E-state index contributed by atoms with van der Waals surface area (Å²) in [5.41, 5.74) is 0. The van der Waals surface area contributed by atoms with Crippen molar-refractivity contribution in [3.8, 4) is 0 Å². The van der Waals surface area contributed by atoms with E-state index in [2.05, 4.69) is 24.3 Å². The molecule has 2 atom stereocenters. The maximum atomic E-state index is 2.55. The molecule has 0 saturated carbocycles. The van der Waals surface area contributed by atoms with Gasteiger partial charge in [0.1, 0.15) is 0 Å². The number of hydrogen-bond acceptors (Lipinski definition) is 0. The van der Waals surface area contributed by atoms with E-state index in [9.17, 15) is 0 Å². The van der Waals surface area contributed by atoms with Crippen LogP contribution in [0, 0.1) is 11.8 Å². The van der Waals surface area contributed by atoms with E-state index in [1.54, 1.807) is 0 Å². The van der Waals surface area contributed by atoms with Gasteiger partial charge in [-0.25, -0.2) is 0 Å². The summed E-state index contributed by atoms with van der Waals surface area (Å²) in [4.78, 5) is 0. The van der Waals surface area contributed by atoms with Crippen LogP contribution in [0.4, 0.5) is 0 Å². The molecule has 0 fully saturated rings. The number of hydrogen-bond donors (Lipinski definition) is 0. The summed E-state index contributed by atoms with van der Waals surface area (Å²) in [6.45, 7) is 0. The van der Waals surface area contributed by atoms with E-state index >= 15 is 0 Å². The third-order valence-corrected chi connectivity index (χ3v) is 4.63. The molecule has 0 aliphatic heterocycles. The zero-order valence-corrected chi connectivity index (χ0v) is 11.9. The van der Waals surface area contributed by atoms with E-state index in [-0.39, 0.29) is 0 Å². The quantitative estimate of drug-likeness (QED) is 0.495. The molecule has 102 valence electrons. The van der Waals surface area contributed by atoms with Crippen LogP contribution in [-0.4, -0.2) is 0 Å². The fourth-order valence-electron chi connectivity index (χ4n) is 3.44. The van der Waals surface area contributed by atoms with Crippen molar-refractivity contribution < 1.29 is 0 Å². The Bertz CT molecular complexity index is 233. The lowest BCUT2D eigenvalue weighted by Crippen LogP contribution is -2.10. The van der Waals surface area contributed by atoms with Crippen LogP contribution in [0.25, 0.3) is 0 Å². The molecule has 18 heavy (non-hydrogen) atoms. The van der Waals surface area contributed by atoms with Gasteiger partial charge in [-0.2, -0.15) is 0 Å². The van der Waals surface area contributed by atoms with Crippen molar-refractivity contribution in [3.63, 3.8) is 0 Å². The van der Waals surface area contributed by atoms with E-state index < -0.39 is 0 Å². The highest BCUT2D eigenvalue weighted by molar-refractivity contribution is 5.00. The third kappa shape index (κ3) is 5.00. The van der Waals surface area contributed by atoms with Crippen molar-refractivity contribution in [1.82, 2.24) is 0 Å². The lowest BCUT2D eigenvalue weighted by Gasteiger charge is -2.21. The first-order valence-corrected chi connectivity index (χ1v) is 8.30. The fourth-order valence-corrected chi connectivity index (χ4v) is 3.44. The minimum absolute atomic E-state index is 0.831. The van der Waals surface area contributed by atoms with Crippen LogP contribution in [0.3, 0.4) is 0 Å². The number of rotatable bonds is 1. The summed E-state index contributed by atoms with van der Waals surface area (Å²) in [7, 11) is 0. The molecule has 0 heterocycles. The van der Waals surface area contributed by atoms with Gasteiger partial charge in [-0.15, -0.1) is 0 Å². The summed E-state index contributed by atoms with van der Waals surface area (Å²) >= 11 is 0. The van der Waals surface area contributed by atoms with Crippen LogP contribution in [0.5, 0.6) is 0 Å². The Labute approximate surface area is 114 Å². The molecule has 0 spiro atoms. The number of allylic oxidation sites excluding steroid dienone is 4. The van der Waals surface area contributed by atoms with Gasteiger partial charge in [0.05, 0.1) is 0 Å². The van der Waals surface area contributed by atoms with Crippen molar-refractivity contribution in [1.29, 1.82) is 0 Å². The van der Waals surface area contributed by atoms with Crippen LogP contribution in [0.15, 0.2) is 24.3 Å². The molecule has 2 aliphatic rings. The lowest BCUT2D eigenvalue weighted by atomic mass is 9.84. The first kappa shape index (κ1) is 13.9. The zero-order chi connectivity index (χ0) is 12.5. The SMILES string of the molecule is C1=C\[C@H]([C@H]2/C=C\CCCCCC2)CCCCCC/1. The van der Waals surface area contributed by atoms with Crippen LogP contribution in [-0.2, 0) is 0 Å². The summed E-state index contributed by atoms with van der Waals surface area (Å²) in [6, 6.07) is 0. The standard InChI is InChI=1S/C18H30/c1-2-6-10-14-17(13-9-5-1)18-15-11-7-3-4-8-12-16-18/h9,11,13,15,17-18H,1-8,10,12,14,16H2/b13-9-,15-11-/t17-,18-/m0/s1. The highest BCUT2D eigenvalue weighted by Gasteiger charge is 2.17. The molecule has 0 aromatic carbocycles. The van der Waals surface area contributed by atoms with Crippen LogP contribution >= 0.6 is 0 Å². The first-order valence-electron chi connectivity index (χ1n) is 8.30. The molecule has 2 aliphatic carbocycles. The Morgan fingerprint density at radius 3 is 1.44 bits per heavy atom. The average Bonchev–Trinajstić information content (AvgIpc) is 2.61. The van der Waals surface area contributed by atoms with Gasteiger partial charge >= 0.3 is 0 Å². The van der Waals surface area contributed by atoms with Crippen molar-refractivity contribution >= 4 is 0 Å². The summed E-state index contributed by atoms with van der Waals surface area (Å²) in [5, 5.41) is 0. The molecule has 0 nitrogen and oxygen atoms in total. The Hall–Kier alpha value is -0.520. The van der Waals surface area contributed by atoms with Crippen LogP contribution in [0.2, 0.25) is 0 Å². The fraction of sp³-hybridized carbons (Fsp3) is 0.778. The second-order valence-electron chi connectivity index (χ2n) is 6.17. The van der Waals surface area contributed by atoms with E-state index in [1.807, 2.05) is 0 Å². The largest absolute Gasteiger partial charge is 0.0882 e. The molecule has 0 unspecified atom stereocenters. The molecule has 0 saturated heterocycles. The minimum atomic E-state index is 0.831. The second-order valence-corrected chi connectivity index (χ2v) is 6.17. The Balaban J connectivity index is 1.95. The molecule has 2 rings (SSSR count). The first-order chi connectivity index (χ1) is 8.97. The van der Waals surface area contributed by atoms with Crippen molar-refractivity contribution in [2.45, 2.75) is 77.0 Å². The van der Waals surface area contributed by atoms with Gasteiger partial charge in [0.15, 0.2) is 0 Å². The third-order valence-electron chi connectivity index (χ3n) is 4.63. The van der Waals surface area contributed by atoms with Crippen LogP contribution in [0.1, 0.15) is 77.0 Å². The Morgan fingerprint density at radius 1 is 0.500 bits per heavy atom. The maximum Gasteiger partial charge on any atom is -0.0171 e. The summed E-state index contributed by atoms with van der Waals surface area (Å²) < 4.78 is 0. The highest BCUT2D eigenvalue weighted by atomic mass is 14.2. The molecule has 0 aromatic rings. The van der Waals surface area contributed by atoms with Gasteiger partial charge in [-0.3, -0.25) is 0 Å². The smallest absolute Gasteiger partial charge is 0.0171 e. The van der Waals surface area contributed by atoms with Gasteiger partial charge in [0.2, 0.25) is 0 Å². The minimum Gasteiger partial charge on any atom is -0.0882 e. The highest BCUT2D eigenvalue weighted by Crippen LogP contribution is 2.29. The van der Waals surface area contributed by atoms with Crippen molar-refractivity contribution in [3.05, 3.63) is 24.3 Å². The topological polar surface area (TPSA) is 0 Å². The van der Waals surface area contributed by atoms with Gasteiger partial charge in [-0.05, 0) is 50.4 Å². The van der Waals surface area contributed by atoms with Gasteiger partial charge in [0.25, 0.3) is 0 Å². The zero-order valence-electron chi connectivity index (χ0n) is 11.9. The lowest BCUT2D eigenvalue weighted by molar-refractivity contribution is 0.392. The summed E-state index contributed by atoms with van der Waals surface area (Å²) in [6.07, 6.45) is 27.0. The molecular formula is C18H30. The molecule has 0 bridgehead atoms. The monoisotopic (exact) mass is 246 g/mol. The predicted molar refractivity (Wildman–Crippen MR) is 80.7 cm³/mol. The van der Waals surface area contributed by atoms with Crippen molar-refractivity contribution in [2.75, 3.05) is 0 Å². The normalized spacial score (nSPS) is 35.1. The maximum absolute atomic E-state index is 2.55. The van der Waals surface area contributed by atoms with Crippen LogP contribution < -0.4 is 0 Å². The van der Waals surface area contributed by atoms with E-state index in [0.717, 1.165) is 11.8 Å². The summed E-state index contributed by atoms with van der Waals surface area (Å²) in [5.74, 6) is 1.66. The van der Waals surface area contributed by atoms with E-state index in [0.29, 0.717) is 0 Å². The average molecular weight is 246 g/mol. The van der Waals surface area contributed by atoms with Gasteiger partial charge in [0, 0.05) is 0 Å². The molecule has 0 amide bonds.